The molecule has 1 aromatic rings. The summed E-state index contributed by atoms with van der Waals surface area (Å²) in [6, 6.07) is 2.55. The number of aliphatic hydroxyl groups is 1. The van der Waals surface area contributed by atoms with Crippen LogP contribution < -0.4 is 4.72 Å². The number of hydrogen-bond acceptors (Lipinski definition) is 4. The molecule has 0 fully saturated rings. The summed E-state index contributed by atoms with van der Waals surface area (Å²) in [5.74, 6) is -0.731. The fraction of sp³-hybridized carbons (Fsp3) is 0.125. The first-order valence-corrected chi connectivity index (χ1v) is 5.82. The van der Waals surface area contributed by atoms with E-state index in [0.717, 1.165) is 0 Å². The lowest BCUT2D eigenvalue weighted by molar-refractivity contribution is 0.0982. The number of amides is 1. The molecule has 0 spiro atoms. The van der Waals surface area contributed by atoms with Gasteiger partial charge in [0.15, 0.2) is 0 Å². The summed E-state index contributed by atoms with van der Waals surface area (Å²) in [6.45, 7) is -0.439. The topological polar surface area (TPSA) is 83.5 Å². The molecule has 1 aliphatic heterocycles. The molecule has 2 rings (SSSR count). The lowest BCUT2D eigenvalue weighted by Crippen LogP contribution is -2.21. The normalized spacial score (nSPS) is 17.3. The second kappa shape index (κ2) is 3.19. The second-order valence-corrected chi connectivity index (χ2v) is 5.12. The Morgan fingerprint density at radius 1 is 1.40 bits per heavy atom. The maximum atomic E-state index is 11.4. The van der Waals surface area contributed by atoms with Crippen LogP contribution in [0.5, 0.6) is 0 Å². The van der Waals surface area contributed by atoms with Crippen LogP contribution in [0.2, 0.25) is 5.02 Å². The van der Waals surface area contributed by atoms with Gasteiger partial charge in [0.1, 0.15) is 4.90 Å². The van der Waals surface area contributed by atoms with Gasteiger partial charge in [-0.3, -0.25) is 4.79 Å². The molecule has 1 aliphatic rings. The summed E-state index contributed by atoms with van der Waals surface area (Å²) < 4.78 is 24.6. The molecule has 0 unspecified atom stereocenters. The predicted molar refractivity (Wildman–Crippen MR) is 52.0 cm³/mol. The van der Waals surface area contributed by atoms with E-state index in [2.05, 4.69) is 0 Å². The molecule has 0 bridgehead atoms. The van der Waals surface area contributed by atoms with Crippen molar-refractivity contribution in [1.29, 1.82) is 0 Å². The first kappa shape index (κ1) is 10.4. The lowest BCUT2D eigenvalue weighted by Gasteiger charge is -2.02. The highest BCUT2D eigenvalue weighted by Gasteiger charge is 2.34. The number of benzene rings is 1. The second-order valence-electron chi connectivity index (χ2n) is 3.03. The number of rotatable bonds is 1. The molecule has 5 nitrogen and oxygen atoms in total. The van der Waals surface area contributed by atoms with E-state index in [4.69, 9.17) is 16.7 Å². The monoisotopic (exact) mass is 247 g/mol. The van der Waals surface area contributed by atoms with Crippen LogP contribution in [0.1, 0.15) is 15.9 Å². The number of sulfonamides is 1. The van der Waals surface area contributed by atoms with Crippen molar-refractivity contribution in [3.05, 3.63) is 28.3 Å². The Labute approximate surface area is 90.7 Å². The van der Waals surface area contributed by atoms with Gasteiger partial charge in [-0.15, -0.1) is 0 Å². The number of aliphatic hydroxyl groups excluding tert-OH is 1. The third-order valence-electron chi connectivity index (χ3n) is 2.06. The van der Waals surface area contributed by atoms with Gasteiger partial charge in [-0.1, -0.05) is 11.6 Å². The average molecular weight is 248 g/mol. The molecule has 1 heterocycles. The van der Waals surface area contributed by atoms with E-state index in [-0.39, 0.29) is 21.0 Å². The van der Waals surface area contributed by atoms with Gasteiger partial charge < -0.3 is 5.11 Å². The van der Waals surface area contributed by atoms with Gasteiger partial charge >= 0.3 is 0 Å². The van der Waals surface area contributed by atoms with E-state index in [9.17, 15) is 13.2 Å². The van der Waals surface area contributed by atoms with Gasteiger partial charge in [-0.2, -0.15) is 0 Å². The Balaban J connectivity index is 2.84. The number of hydrogen-bond donors (Lipinski definition) is 2. The van der Waals surface area contributed by atoms with Crippen molar-refractivity contribution in [3.63, 3.8) is 0 Å². The molecule has 2 N–H and O–H groups in total. The lowest BCUT2D eigenvalue weighted by atomic mass is 10.1. The zero-order chi connectivity index (χ0) is 11.2. The molecule has 7 heteroatoms. The molecule has 0 aromatic heterocycles. The molecule has 0 atom stereocenters. The SMILES string of the molecule is O=C1NS(=O)(=O)c2cc(Cl)cc(CO)c21. The van der Waals surface area contributed by atoms with Crippen LogP contribution in [0.3, 0.4) is 0 Å². The molecule has 0 saturated heterocycles. The first-order valence-electron chi connectivity index (χ1n) is 3.96. The van der Waals surface area contributed by atoms with Gasteiger partial charge in [-0.05, 0) is 17.7 Å². The highest BCUT2D eigenvalue weighted by atomic mass is 35.5. The summed E-state index contributed by atoms with van der Waals surface area (Å²) in [4.78, 5) is 11.2. The zero-order valence-electron chi connectivity index (χ0n) is 7.32. The fourth-order valence-electron chi connectivity index (χ4n) is 1.46. The molecule has 80 valence electrons. The Morgan fingerprint density at radius 2 is 2.07 bits per heavy atom. The average Bonchev–Trinajstić information content (AvgIpc) is 2.36. The molecule has 0 saturated carbocycles. The molecule has 15 heavy (non-hydrogen) atoms. The van der Waals surface area contributed by atoms with E-state index < -0.39 is 22.5 Å². The summed E-state index contributed by atoms with van der Waals surface area (Å²) in [5.41, 5.74) is 0.179. The van der Waals surface area contributed by atoms with Gasteiger partial charge in [0.05, 0.1) is 12.2 Å². The molecule has 0 radical (unpaired) electrons. The van der Waals surface area contributed by atoms with Crippen LogP contribution in [0.25, 0.3) is 0 Å². The van der Waals surface area contributed by atoms with Crippen molar-refractivity contribution in [2.75, 3.05) is 0 Å². The predicted octanol–water partition coefficient (Wildman–Crippen LogP) is 0.264. The van der Waals surface area contributed by atoms with Crippen LogP contribution in [0.4, 0.5) is 0 Å². The van der Waals surface area contributed by atoms with Crippen molar-refractivity contribution in [2.24, 2.45) is 0 Å². The number of fused-ring (bicyclic) bond motifs is 1. The van der Waals surface area contributed by atoms with Crippen molar-refractivity contribution in [3.8, 4) is 0 Å². The van der Waals surface area contributed by atoms with Crippen molar-refractivity contribution in [1.82, 2.24) is 4.72 Å². The highest BCUT2D eigenvalue weighted by Crippen LogP contribution is 2.29. The summed E-state index contributed by atoms with van der Waals surface area (Å²) in [6.07, 6.45) is 0. The third kappa shape index (κ3) is 1.50. The summed E-state index contributed by atoms with van der Waals surface area (Å²) in [7, 11) is -3.80. The maximum Gasteiger partial charge on any atom is 0.266 e. The van der Waals surface area contributed by atoms with E-state index in [0.29, 0.717) is 0 Å². The standard InChI is InChI=1S/C8H6ClNO4S/c9-5-1-4(3-11)7-6(2-5)15(13,14)10-8(7)12/h1-2,11H,3H2,(H,10,12). The number of halogens is 1. The maximum absolute atomic E-state index is 11.4. The third-order valence-corrected chi connectivity index (χ3v) is 3.64. The van der Waals surface area contributed by atoms with Crippen LogP contribution in [0, 0.1) is 0 Å². The number of carbonyl (C=O) groups excluding carboxylic acids is 1. The van der Waals surface area contributed by atoms with Crippen molar-refractivity contribution >= 4 is 27.5 Å². The summed E-state index contributed by atoms with van der Waals surface area (Å²) in [5, 5.41) is 9.15. The molecule has 0 aliphatic carbocycles. The minimum atomic E-state index is -3.80. The largest absolute Gasteiger partial charge is 0.392 e. The van der Waals surface area contributed by atoms with Gasteiger partial charge in [0.25, 0.3) is 15.9 Å². The van der Waals surface area contributed by atoms with E-state index in [1.807, 2.05) is 4.72 Å². The fourth-order valence-corrected chi connectivity index (χ4v) is 2.99. The van der Waals surface area contributed by atoms with Crippen LogP contribution in [-0.4, -0.2) is 19.4 Å². The number of carbonyl (C=O) groups is 1. The molecular formula is C8H6ClNO4S. The van der Waals surface area contributed by atoms with Crippen LogP contribution >= 0.6 is 11.6 Å². The van der Waals surface area contributed by atoms with Gasteiger partial charge in [-0.25, -0.2) is 13.1 Å². The Bertz CT molecular complexity index is 552. The minimum absolute atomic E-state index is 0.0260. The summed E-state index contributed by atoms with van der Waals surface area (Å²) >= 11 is 5.67. The van der Waals surface area contributed by atoms with Crippen molar-refractivity contribution in [2.45, 2.75) is 11.5 Å². The van der Waals surface area contributed by atoms with E-state index in [1.165, 1.54) is 12.1 Å². The molecule has 1 amide bonds. The van der Waals surface area contributed by atoms with E-state index in [1.54, 1.807) is 0 Å². The quantitative estimate of drug-likeness (QED) is 0.746. The number of nitrogens with one attached hydrogen (secondary N) is 1. The Morgan fingerprint density at radius 3 is 2.67 bits per heavy atom. The van der Waals surface area contributed by atoms with Gasteiger partial charge in [0, 0.05) is 5.02 Å². The highest BCUT2D eigenvalue weighted by molar-refractivity contribution is 7.90. The van der Waals surface area contributed by atoms with E-state index >= 15 is 0 Å². The minimum Gasteiger partial charge on any atom is -0.392 e. The van der Waals surface area contributed by atoms with Crippen LogP contribution in [0.15, 0.2) is 17.0 Å². The van der Waals surface area contributed by atoms with Crippen LogP contribution in [-0.2, 0) is 16.6 Å². The zero-order valence-corrected chi connectivity index (χ0v) is 8.89. The molecular weight excluding hydrogens is 242 g/mol. The Hall–Kier alpha value is -1.11. The Kier molecular flexibility index (Phi) is 2.22. The van der Waals surface area contributed by atoms with Gasteiger partial charge in [0.2, 0.25) is 0 Å². The first-order chi connectivity index (χ1) is 6.95. The smallest absolute Gasteiger partial charge is 0.266 e. The molecule has 1 aromatic carbocycles. The van der Waals surface area contributed by atoms with Crippen molar-refractivity contribution < 1.29 is 18.3 Å².